The van der Waals surface area contributed by atoms with E-state index in [9.17, 15) is 14.7 Å². The summed E-state index contributed by atoms with van der Waals surface area (Å²) in [6, 6.07) is 11.6. The van der Waals surface area contributed by atoms with Crippen LogP contribution in [0.3, 0.4) is 0 Å². The zero-order valence-corrected chi connectivity index (χ0v) is 17.9. The number of hydrogen-bond acceptors (Lipinski definition) is 4. The van der Waals surface area contributed by atoms with Crippen molar-refractivity contribution in [3.05, 3.63) is 81.9 Å². The van der Waals surface area contributed by atoms with Gasteiger partial charge in [-0.2, -0.15) is 0 Å². The summed E-state index contributed by atoms with van der Waals surface area (Å²) in [5.41, 5.74) is 3.29. The summed E-state index contributed by atoms with van der Waals surface area (Å²) in [5.74, 6) is -1.31. The van der Waals surface area contributed by atoms with E-state index in [1.54, 1.807) is 23.7 Å². The van der Waals surface area contributed by atoms with Crippen LogP contribution in [0.25, 0.3) is 10.4 Å². The summed E-state index contributed by atoms with van der Waals surface area (Å²) in [6.07, 6.45) is 5.07. The van der Waals surface area contributed by atoms with Gasteiger partial charge in [-0.1, -0.05) is 30.3 Å². The first-order valence-electron chi connectivity index (χ1n) is 8.93. The molecule has 0 saturated carbocycles. The molecule has 0 aliphatic rings. The van der Waals surface area contributed by atoms with Gasteiger partial charge in [0, 0.05) is 23.6 Å². The van der Waals surface area contributed by atoms with E-state index in [2.05, 4.69) is 38.9 Å². The summed E-state index contributed by atoms with van der Waals surface area (Å²) in [7, 11) is 0. The zero-order valence-electron chi connectivity index (χ0n) is 15.5. The first kappa shape index (κ1) is 21.0. The van der Waals surface area contributed by atoms with Crippen molar-refractivity contribution in [2.75, 3.05) is 5.32 Å². The van der Waals surface area contributed by atoms with Gasteiger partial charge in [-0.15, -0.1) is 17.9 Å². The summed E-state index contributed by atoms with van der Waals surface area (Å²) in [4.78, 5) is 29.0. The van der Waals surface area contributed by atoms with Crippen LogP contribution in [0.1, 0.15) is 27.9 Å². The van der Waals surface area contributed by atoms with Crippen LogP contribution in [0.4, 0.5) is 5.69 Å². The second kappa shape index (κ2) is 9.62. The van der Waals surface area contributed by atoms with Crippen LogP contribution in [0, 0.1) is 0 Å². The molecule has 29 heavy (non-hydrogen) atoms. The Morgan fingerprint density at radius 2 is 2.03 bits per heavy atom. The Hall–Kier alpha value is -2.77. The highest BCUT2D eigenvalue weighted by Gasteiger charge is 2.21. The normalized spacial score (nSPS) is 10.5. The van der Waals surface area contributed by atoms with Gasteiger partial charge in [0.1, 0.15) is 10.2 Å². The maximum Gasteiger partial charge on any atom is 0.339 e. The summed E-state index contributed by atoms with van der Waals surface area (Å²) in [5, 5.41) is 14.1. The molecule has 0 aliphatic carbocycles. The van der Waals surface area contributed by atoms with Crippen LogP contribution >= 0.6 is 27.3 Å². The van der Waals surface area contributed by atoms with E-state index < -0.39 is 5.97 Å². The average Bonchev–Trinajstić information content (AvgIpc) is 3.11. The van der Waals surface area contributed by atoms with Gasteiger partial charge in [-0.05, 0) is 52.0 Å². The molecule has 1 aromatic carbocycles. The number of rotatable bonds is 8. The molecule has 3 rings (SSSR count). The molecular weight excluding hydrogens is 452 g/mol. The van der Waals surface area contributed by atoms with Crippen LogP contribution in [0.2, 0.25) is 0 Å². The quantitative estimate of drug-likeness (QED) is 0.333. The van der Waals surface area contributed by atoms with Crippen molar-refractivity contribution in [1.82, 2.24) is 4.98 Å². The number of aryl methyl sites for hydroxylation is 1. The van der Waals surface area contributed by atoms with Gasteiger partial charge < -0.3 is 10.4 Å². The number of thiophene rings is 1. The predicted molar refractivity (Wildman–Crippen MR) is 120 cm³/mol. The minimum Gasteiger partial charge on any atom is -0.478 e. The van der Waals surface area contributed by atoms with Crippen LogP contribution < -0.4 is 5.32 Å². The number of amides is 1. The number of carbonyl (C=O) groups is 2. The van der Waals surface area contributed by atoms with Crippen molar-refractivity contribution in [3.8, 4) is 10.4 Å². The molecule has 148 valence electrons. The fraction of sp³-hybridized carbons (Fsp3) is 0.136. The Labute approximate surface area is 181 Å². The SMILES string of the molecule is C=CCc1cccc(CCC(=O)Nc2csc(-c3ccc(Br)nc3)c2C(=O)O)c1. The maximum atomic E-state index is 12.4. The highest BCUT2D eigenvalue weighted by Crippen LogP contribution is 2.36. The second-order valence-electron chi connectivity index (χ2n) is 6.39. The average molecular weight is 471 g/mol. The van der Waals surface area contributed by atoms with E-state index in [1.807, 2.05) is 24.3 Å². The minimum absolute atomic E-state index is 0.0838. The number of benzene rings is 1. The van der Waals surface area contributed by atoms with E-state index in [0.29, 0.717) is 27.2 Å². The Balaban J connectivity index is 1.72. The topological polar surface area (TPSA) is 79.3 Å². The lowest BCUT2D eigenvalue weighted by molar-refractivity contribution is -0.116. The number of nitrogens with zero attached hydrogens (tertiary/aromatic N) is 1. The third kappa shape index (κ3) is 5.40. The molecule has 5 nitrogen and oxygen atoms in total. The van der Waals surface area contributed by atoms with Crippen molar-refractivity contribution in [3.63, 3.8) is 0 Å². The number of aromatic carboxylic acids is 1. The van der Waals surface area contributed by atoms with Gasteiger partial charge >= 0.3 is 5.97 Å². The highest BCUT2D eigenvalue weighted by molar-refractivity contribution is 9.10. The molecule has 0 saturated heterocycles. The lowest BCUT2D eigenvalue weighted by Gasteiger charge is -2.07. The Kier molecular flexibility index (Phi) is 6.95. The van der Waals surface area contributed by atoms with E-state index in [4.69, 9.17) is 0 Å². The molecule has 2 N–H and O–H groups in total. The number of carbonyl (C=O) groups excluding carboxylic acids is 1. The van der Waals surface area contributed by atoms with Gasteiger partial charge in [0.15, 0.2) is 0 Å². The van der Waals surface area contributed by atoms with Crippen LogP contribution in [-0.4, -0.2) is 22.0 Å². The van der Waals surface area contributed by atoms with E-state index in [1.165, 1.54) is 11.3 Å². The fourth-order valence-electron chi connectivity index (χ4n) is 2.93. The summed E-state index contributed by atoms with van der Waals surface area (Å²) in [6.45, 7) is 3.74. The molecule has 0 spiro atoms. The second-order valence-corrected chi connectivity index (χ2v) is 8.08. The molecule has 0 unspecified atom stereocenters. The van der Waals surface area contributed by atoms with Crippen molar-refractivity contribution >= 4 is 44.8 Å². The number of carboxylic acids is 1. The first-order valence-corrected chi connectivity index (χ1v) is 10.6. The Morgan fingerprint density at radius 1 is 1.24 bits per heavy atom. The van der Waals surface area contributed by atoms with Crippen molar-refractivity contribution in [2.24, 2.45) is 0 Å². The number of halogens is 1. The molecule has 3 aromatic rings. The monoisotopic (exact) mass is 470 g/mol. The van der Waals surface area contributed by atoms with E-state index in [0.717, 1.165) is 17.5 Å². The molecule has 0 fully saturated rings. The lowest BCUT2D eigenvalue weighted by atomic mass is 10.0. The fourth-order valence-corrected chi connectivity index (χ4v) is 4.15. The Morgan fingerprint density at radius 3 is 2.72 bits per heavy atom. The van der Waals surface area contributed by atoms with Gasteiger partial charge in [0.25, 0.3) is 0 Å². The van der Waals surface area contributed by atoms with Crippen LogP contribution in [-0.2, 0) is 17.6 Å². The molecular formula is C22H19BrN2O3S. The molecule has 0 atom stereocenters. The van der Waals surface area contributed by atoms with Crippen molar-refractivity contribution in [2.45, 2.75) is 19.3 Å². The number of aromatic nitrogens is 1. The van der Waals surface area contributed by atoms with Gasteiger partial charge in [0.05, 0.1) is 10.6 Å². The number of anilines is 1. The molecule has 0 aliphatic heterocycles. The molecule has 1 amide bonds. The smallest absolute Gasteiger partial charge is 0.339 e. The van der Waals surface area contributed by atoms with E-state index in [-0.39, 0.29) is 17.9 Å². The third-order valence-electron chi connectivity index (χ3n) is 4.28. The number of hydrogen-bond donors (Lipinski definition) is 2. The molecule has 0 radical (unpaired) electrons. The lowest BCUT2D eigenvalue weighted by Crippen LogP contribution is -2.14. The number of allylic oxidation sites excluding steroid dienone is 1. The number of nitrogens with one attached hydrogen (secondary N) is 1. The zero-order chi connectivity index (χ0) is 20.8. The van der Waals surface area contributed by atoms with Gasteiger partial charge in [-0.25, -0.2) is 9.78 Å². The standard InChI is InChI=1S/C22H19BrN2O3S/c1-2-4-14-5-3-6-15(11-14)7-10-19(26)25-17-13-29-21(20(17)22(27)28)16-8-9-18(23)24-12-16/h2-3,5-6,8-9,11-13H,1,4,7,10H2,(H,25,26)(H,27,28). The predicted octanol–water partition coefficient (Wildman–Crippen LogP) is 5.57. The molecule has 2 aromatic heterocycles. The number of pyridine rings is 1. The van der Waals surface area contributed by atoms with Crippen molar-refractivity contribution < 1.29 is 14.7 Å². The largest absolute Gasteiger partial charge is 0.478 e. The first-order chi connectivity index (χ1) is 14.0. The minimum atomic E-state index is -1.09. The van der Waals surface area contributed by atoms with Crippen molar-refractivity contribution in [1.29, 1.82) is 0 Å². The molecule has 0 bridgehead atoms. The summed E-state index contributed by atoms with van der Waals surface area (Å²) < 4.78 is 0.667. The van der Waals surface area contributed by atoms with Crippen LogP contribution in [0.15, 0.2) is 65.2 Å². The number of carboxylic acid groups (broad SMARTS) is 1. The van der Waals surface area contributed by atoms with Gasteiger partial charge in [0.2, 0.25) is 5.91 Å². The molecule has 2 heterocycles. The van der Waals surface area contributed by atoms with Gasteiger partial charge in [-0.3, -0.25) is 4.79 Å². The molecule has 7 heteroatoms. The highest BCUT2D eigenvalue weighted by atomic mass is 79.9. The maximum absolute atomic E-state index is 12.4. The Bertz CT molecular complexity index is 1040. The summed E-state index contributed by atoms with van der Waals surface area (Å²) >= 11 is 4.53. The van der Waals surface area contributed by atoms with E-state index >= 15 is 0 Å². The van der Waals surface area contributed by atoms with Crippen LogP contribution in [0.5, 0.6) is 0 Å². The third-order valence-corrected chi connectivity index (χ3v) is 5.78.